The lowest BCUT2D eigenvalue weighted by molar-refractivity contribution is -0.137. The van der Waals surface area contributed by atoms with Crippen LogP contribution in [0.1, 0.15) is 22.4 Å². The lowest BCUT2D eigenvalue weighted by atomic mass is 9.96. The average Bonchev–Trinajstić information content (AvgIpc) is 2.88. The molecule has 0 aliphatic rings. The van der Waals surface area contributed by atoms with Crippen molar-refractivity contribution in [2.24, 2.45) is 4.99 Å². The highest BCUT2D eigenvalue weighted by atomic mass is 32.2. The van der Waals surface area contributed by atoms with Crippen molar-refractivity contribution in [2.75, 3.05) is 31.0 Å². The summed E-state index contributed by atoms with van der Waals surface area (Å²) >= 11 is 1.44. The van der Waals surface area contributed by atoms with Crippen molar-refractivity contribution in [3.63, 3.8) is 0 Å². The maximum absolute atomic E-state index is 13.0. The van der Waals surface area contributed by atoms with Gasteiger partial charge in [0.2, 0.25) is 0 Å². The Kier molecular flexibility index (Phi) is 8.14. The Bertz CT molecular complexity index is 1420. The molecule has 4 rings (SSSR count). The van der Waals surface area contributed by atoms with Crippen LogP contribution in [0.25, 0.3) is 10.8 Å². The van der Waals surface area contributed by atoms with Gasteiger partial charge in [-0.1, -0.05) is 54.2 Å². The largest absolute Gasteiger partial charge is 0.416 e. The predicted molar refractivity (Wildman–Crippen MR) is 144 cm³/mol. The molecule has 0 aliphatic carbocycles. The summed E-state index contributed by atoms with van der Waals surface area (Å²) in [7, 11) is 1.72. The number of nitrogens with two attached hydrogens (primary N) is 1. The zero-order valence-electron chi connectivity index (χ0n) is 20.2. The maximum Gasteiger partial charge on any atom is 0.416 e. The number of amidine groups is 1. The summed E-state index contributed by atoms with van der Waals surface area (Å²) in [6.45, 7) is 0.0685. The Balaban J connectivity index is 1.63. The number of halogens is 3. The molecule has 11 heteroatoms. The number of benzene rings is 3. The zero-order chi connectivity index (χ0) is 26.4. The van der Waals surface area contributed by atoms with E-state index >= 15 is 0 Å². The Morgan fingerprint density at radius 1 is 1.00 bits per heavy atom. The molecule has 0 atom stereocenters. The van der Waals surface area contributed by atoms with E-state index in [-0.39, 0.29) is 6.67 Å². The first-order valence-corrected chi connectivity index (χ1v) is 12.6. The summed E-state index contributed by atoms with van der Waals surface area (Å²) in [5.74, 6) is 0.969. The van der Waals surface area contributed by atoms with Gasteiger partial charge in [0.1, 0.15) is 18.3 Å². The highest BCUT2D eigenvalue weighted by Gasteiger charge is 2.30. The molecule has 4 aromatic rings. The molecular formula is C26H26F3N7S. The lowest BCUT2D eigenvalue weighted by Gasteiger charge is -2.15. The van der Waals surface area contributed by atoms with Crippen molar-refractivity contribution >= 4 is 39.9 Å². The molecule has 192 valence electrons. The fourth-order valence-corrected chi connectivity index (χ4v) is 4.32. The molecule has 1 aromatic heterocycles. The van der Waals surface area contributed by atoms with E-state index in [0.29, 0.717) is 28.9 Å². The van der Waals surface area contributed by atoms with E-state index in [4.69, 9.17) is 5.73 Å². The second kappa shape index (κ2) is 11.5. The summed E-state index contributed by atoms with van der Waals surface area (Å²) < 4.78 is 39.1. The van der Waals surface area contributed by atoms with Gasteiger partial charge in [-0.25, -0.2) is 20.4 Å². The third-order valence-electron chi connectivity index (χ3n) is 5.56. The zero-order valence-corrected chi connectivity index (χ0v) is 21.0. The molecule has 0 radical (unpaired) electrons. The highest BCUT2D eigenvalue weighted by molar-refractivity contribution is 7.98. The van der Waals surface area contributed by atoms with Gasteiger partial charge in [-0.2, -0.15) is 13.2 Å². The van der Waals surface area contributed by atoms with E-state index < -0.39 is 11.7 Å². The van der Waals surface area contributed by atoms with Gasteiger partial charge in [0.05, 0.1) is 11.3 Å². The van der Waals surface area contributed by atoms with Crippen molar-refractivity contribution in [2.45, 2.75) is 17.8 Å². The molecule has 0 amide bonds. The number of alkyl halides is 3. The van der Waals surface area contributed by atoms with E-state index in [2.05, 4.69) is 31.1 Å². The molecule has 0 bridgehead atoms. The molecular weight excluding hydrogens is 499 g/mol. The lowest BCUT2D eigenvalue weighted by Crippen LogP contribution is -2.35. The summed E-state index contributed by atoms with van der Waals surface area (Å²) in [6.07, 6.45) is -1.93. The smallest absolute Gasteiger partial charge is 0.384 e. The molecule has 37 heavy (non-hydrogen) atoms. The van der Waals surface area contributed by atoms with Gasteiger partial charge >= 0.3 is 6.18 Å². The van der Waals surface area contributed by atoms with Crippen molar-refractivity contribution in [1.82, 2.24) is 20.8 Å². The topological polar surface area (TPSA) is 100 Å². The average molecular weight is 526 g/mol. The van der Waals surface area contributed by atoms with Crippen molar-refractivity contribution in [3.05, 3.63) is 89.1 Å². The normalized spacial score (nSPS) is 12.1. The SMILES string of the molecule is CNN/C(=N\CNc1cccc(C(F)(F)F)c1)c1ccc(Cc2cc(N)nc(SC)n2)c2ccccc12. The van der Waals surface area contributed by atoms with Gasteiger partial charge < -0.3 is 16.5 Å². The number of rotatable bonds is 8. The minimum atomic E-state index is -4.41. The number of nitrogens with one attached hydrogen (secondary N) is 3. The second-order valence-electron chi connectivity index (χ2n) is 8.06. The number of nitrogens with zero attached hydrogens (tertiary/aromatic N) is 3. The standard InChI is InChI=1S/C26H26F3N7S/c1-31-36-24(33-15-32-18-7-5-6-17(13-18)26(27,28)29)22-11-10-16(20-8-3-4-9-21(20)22)12-19-14-23(30)35-25(34-19)37-2/h3-11,13-14,31-32H,12,15H2,1-2H3,(H,33,36)(H2,30,34,35). The van der Waals surface area contributed by atoms with Crippen LogP contribution >= 0.6 is 11.8 Å². The van der Waals surface area contributed by atoms with Crippen LogP contribution in [-0.2, 0) is 12.6 Å². The van der Waals surface area contributed by atoms with Crippen LogP contribution < -0.4 is 21.9 Å². The predicted octanol–water partition coefficient (Wildman–Crippen LogP) is 5.08. The van der Waals surface area contributed by atoms with Gasteiger partial charge in [0, 0.05) is 30.8 Å². The van der Waals surface area contributed by atoms with E-state index in [1.165, 1.54) is 17.8 Å². The Morgan fingerprint density at radius 3 is 2.51 bits per heavy atom. The van der Waals surface area contributed by atoms with Crippen molar-refractivity contribution < 1.29 is 13.2 Å². The maximum atomic E-state index is 13.0. The minimum Gasteiger partial charge on any atom is -0.384 e. The first kappa shape index (κ1) is 26.2. The van der Waals surface area contributed by atoms with E-state index in [9.17, 15) is 13.2 Å². The number of aromatic nitrogens is 2. The molecule has 0 saturated heterocycles. The second-order valence-corrected chi connectivity index (χ2v) is 8.83. The summed E-state index contributed by atoms with van der Waals surface area (Å²) in [4.78, 5) is 13.4. The third kappa shape index (κ3) is 6.49. The van der Waals surface area contributed by atoms with Crippen molar-refractivity contribution in [1.29, 1.82) is 0 Å². The van der Waals surface area contributed by atoms with E-state index in [1.54, 1.807) is 19.2 Å². The Hall–Kier alpha value is -3.83. The van der Waals surface area contributed by atoms with Gasteiger partial charge in [-0.15, -0.1) is 0 Å². The number of aliphatic imine (C=N–C) groups is 1. The van der Waals surface area contributed by atoms with E-state index in [1.807, 2.05) is 42.7 Å². The molecule has 1 heterocycles. The van der Waals surface area contributed by atoms with Crippen LogP contribution in [0.5, 0.6) is 0 Å². The van der Waals surface area contributed by atoms with Gasteiger partial charge in [-0.05, 0) is 40.8 Å². The van der Waals surface area contributed by atoms with Crippen LogP contribution in [0.15, 0.2) is 76.9 Å². The first-order chi connectivity index (χ1) is 17.8. The monoisotopic (exact) mass is 525 g/mol. The Morgan fingerprint density at radius 2 is 1.78 bits per heavy atom. The van der Waals surface area contributed by atoms with Crippen LogP contribution in [0.3, 0.4) is 0 Å². The molecule has 3 aromatic carbocycles. The van der Waals surface area contributed by atoms with Crippen LogP contribution in [0, 0.1) is 0 Å². The quantitative estimate of drug-likeness (QED) is 0.0837. The molecule has 0 spiro atoms. The number of nitrogen functional groups attached to an aromatic ring is 1. The number of thioether (sulfide) groups is 1. The molecule has 0 saturated carbocycles. The molecule has 0 fully saturated rings. The number of hydrogen-bond acceptors (Lipinski definition) is 7. The van der Waals surface area contributed by atoms with Gasteiger partial charge in [0.25, 0.3) is 0 Å². The van der Waals surface area contributed by atoms with Gasteiger partial charge in [-0.3, -0.25) is 0 Å². The molecule has 0 unspecified atom stereocenters. The highest BCUT2D eigenvalue weighted by Crippen LogP contribution is 2.30. The molecule has 5 N–H and O–H groups in total. The number of fused-ring (bicyclic) bond motifs is 1. The summed E-state index contributed by atoms with van der Waals surface area (Å²) in [6, 6.07) is 18.7. The van der Waals surface area contributed by atoms with Crippen LogP contribution in [0.4, 0.5) is 24.7 Å². The fourth-order valence-electron chi connectivity index (χ4n) is 3.92. The first-order valence-electron chi connectivity index (χ1n) is 11.3. The van der Waals surface area contributed by atoms with Gasteiger partial charge in [0.15, 0.2) is 5.16 Å². The minimum absolute atomic E-state index is 0.0685. The summed E-state index contributed by atoms with van der Waals surface area (Å²) in [5.41, 5.74) is 14.2. The molecule has 0 aliphatic heterocycles. The van der Waals surface area contributed by atoms with E-state index in [0.717, 1.165) is 39.7 Å². The number of hydrazine groups is 1. The Labute approximate surface area is 216 Å². The van der Waals surface area contributed by atoms with Crippen LogP contribution in [0.2, 0.25) is 0 Å². The van der Waals surface area contributed by atoms with Crippen molar-refractivity contribution in [3.8, 4) is 0 Å². The molecule has 7 nitrogen and oxygen atoms in total. The number of anilines is 2. The fraction of sp³-hybridized carbons (Fsp3) is 0.192. The number of hydrogen-bond donors (Lipinski definition) is 4. The third-order valence-corrected chi connectivity index (χ3v) is 6.10. The van der Waals surface area contributed by atoms with Crippen LogP contribution in [-0.4, -0.2) is 35.8 Å². The summed E-state index contributed by atoms with van der Waals surface area (Å²) in [5, 5.41) is 5.56.